The van der Waals surface area contributed by atoms with Gasteiger partial charge < -0.3 is 9.53 Å². The van der Waals surface area contributed by atoms with Crippen LogP contribution in [0.25, 0.3) is 0 Å². The fourth-order valence-corrected chi connectivity index (χ4v) is 4.05. The standard InChI is InChI=1S/C21H37NO2Si/c1-8-12-20(24-25(6,7)21(2,3)4)15-19(17-23)22(5)16-18-13-10-9-11-14-18/h8-11,13-14,19-20,23H,1,12,15-17H2,2-7H3/t19-,20+/m0/s1. The van der Waals surface area contributed by atoms with Gasteiger partial charge in [-0.05, 0) is 43.6 Å². The maximum absolute atomic E-state index is 9.94. The molecule has 0 aliphatic rings. The molecular weight excluding hydrogens is 326 g/mol. The lowest BCUT2D eigenvalue weighted by molar-refractivity contribution is 0.0820. The predicted octanol–water partition coefficient (Wildman–Crippen LogP) is 4.84. The van der Waals surface area contributed by atoms with E-state index in [9.17, 15) is 5.11 Å². The van der Waals surface area contributed by atoms with Crippen LogP contribution in [-0.2, 0) is 11.0 Å². The SMILES string of the molecule is C=CC[C@H](C[C@@H](CO)N(C)Cc1ccccc1)O[Si](C)(C)C(C)(C)C. The minimum absolute atomic E-state index is 0.0786. The number of aliphatic hydroxyl groups excluding tert-OH is 1. The molecule has 0 radical (unpaired) electrons. The molecule has 1 aromatic rings. The van der Waals surface area contributed by atoms with Gasteiger partial charge in [0.2, 0.25) is 0 Å². The summed E-state index contributed by atoms with van der Waals surface area (Å²) in [7, 11) is 0.233. The fraction of sp³-hybridized carbons (Fsp3) is 0.619. The molecule has 0 aliphatic heterocycles. The second-order valence-corrected chi connectivity index (χ2v) is 13.3. The summed E-state index contributed by atoms with van der Waals surface area (Å²) in [6.07, 6.45) is 3.68. The van der Waals surface area contributed by atoms with E-state index in [4.69, 9.17) is 4.43 Å². The maximum atomic E-state index is 9.94. The van der Waals surface area contributed by atoms with E-state index in [1.54, 1.807) is 0 Å². The Kier molecular flexibility index (Phi) is 8.55. The molecule has 25 heavy (non-hydrogen) atoms. The van der Waals surface area contributed by atoms with Gasteiger partial charge in [-0.25, -0.2) is 0 Å². The van der Waals surface area contributed by atoms with Crippen LogP contribution in [0.1, 0.15) is 39.2 Å². The van der Waals surface area contributed by atoms with Crippen molar-refractivity contribution < 1.29 is 9.53 Å². The number of nitrogens with zero attached hydrogens (tertiary/aromatic N) is 1. The number of hydrogen-bond acceptors (Lipinski definition) is 3. The molecule has 1 N–H and O–H groups in total. The van der Waals surface area contributed by atoms with Crippen LogP contribution in [0.3, 0.4) is 0 Å². The average molecular weight is 364 g/mol. The van der Waals surface area contributed by atoms with Crippen molar-refractivity contribution in [3.63, 3.8) is 0 Å². The highest BCUT2D eigenvalue weighted by Crippen LogP contribution is 2.38. The first-order chi connectivity index (χ1) is 11.6. The molecule has 0 fully saturated rings. The molecular formula is C21H37NO2Si. The first-order valence-electron chi connectivity index (χ1n) is 9.24. The minimum Gasteiger partial charge on any atom is -0.414 e. The zero-order valence-electron chi connectivity index (χ0n) is 17.0. The van der Waals surface area contributed by atoms with Crippen molar-refractivity contribution in [1.29, 1.82) is 0 Å². The second kappa shape index (κ2) is 9.67. The van der Waals surface area contributed by atoms with Gasteiger partial charge in [-0.15, -0.1) is 6.58 Å². The van der Waals surface area contributed by atoms with Gasteiger partial charge in [0.25, 0.3) is 0 Å². The Morgan fingerprint density at radius 2 is 1.84 bits per heavy atom. The molecule has 2 atom stereocenters. The normalized spacial score (nSPS) is 15.2. The third kappa shape index (κ3) is 7.06. The van der Waals surface area contributed by atoms with Crippen LogP contribution in [0.2, 0.25) is 18.1 Å². The summed E-state index contributed by atoms with van der Waals surface area (Å²) in [5.74, 6) is 0. The number of hydrogen-bond donors (Lipinski definition) is 1. The van der Waals surface area contributed by atoms with E-state index in [1.165, 1.54) is 5.56 Å². The van der Waals surface area contributed by atoms with Crippen molar-refractivity contribution in [3.8, 4) is 0 Å². The van der Waals surface area contributed by atoms with Crippen LogP contribution in [0.15, 0.2) is 43.0 Å². The monoisotopic (exact) mass is 363 g/mol. The molecule has 4 heteroatoms. The molecule has 0 saturated heterocycles. The van der Waals surface area contributed by atoms with Gasteiger partial charge >= 0.3 is 0 Å². The highest BCUT2D eigenvalue weighted by molar-refractivity contribution is 6.74. The molecule has 0 saturated carbocycles. The lowest BCUT2D eigenvalue weighted by Gasteiger charge is -2.40. The smallest absolute Gasteiger partial charge is 0.192 e. The zero-order valence-corrected chi connectivity index (χ0v) is 18.0. The predicted molar refractivity (Wildman–Crippen MR) is 110 cm³/mol. The number of benzene rings is 1. The molecule has 142 valence electrons. The summed E-state index contributed by atoms with van der Waals surface area (Å²) in [6, 6.07) is 10.5. The molecule has 1 aromatic carbocycles. The van der Waals surface area contributed by atoms with E-state index >= 15 is 0 Å². The summed E-state index contributed by atoms with van der Waals surface area (Å²) in [6.45, 7) is 16.2. The fourth-order valence-electron chi connectivity index (χ4n) is 2.67. The highest BCUT2D eigenvalue weighted by atomic mass is 28.4. The Bertz CT molecular complexity index is 510. The van der Waals surface area contributed by atoms with E-state index in [1.807, 2.05) is 12.1 Å². The Hall–Kier alpha value is -0.943. The minimum atomic E-state index is -1.84. The first-order valence-corrected chi connectivity index (χ1v) is 12.1. The Labute approximate surface area is 155 Å². The number of aliphatic hydroxyl groups is 1. The van der Waals surface area contributed by atoms with Crippen molar-refractivity contribution in [2.45, 2.75) is 70.4 Å². The number of likely N-dealkylation sites (N-methyl/N-ethyl adjacent to an activating group) is 1. The van der Waals surface area contributed by atoms with Gasteiger partial charge in [-0.3, -0.25) is 4.90 Å². The average Bonchev–Trinajstić information content (AvgIpc) is 2.52. The topological polar surface area (TPSA) is 32.7 Å². The van der Waals surface area contributed by atoms with E-state index in [2.05, 4.69) is 76.7 Å². The Balaban J connectivity index is 2.77. The van der Waals surface area contributed by atoms with Crippen molar-refractivity contribution in [2.75, 3.05) is 13.7 Å². The van der Waals surface area contributed by atoms with Crippen molar-refractivity contribution in [1.82, 2.24) is 4.90 Å². The quantitative estimate of drug-likeness (QED) is 0.477. The van der Waals surface area contributed by atoms with Crippen LogP contribution >= 0.6 is 0 Å². The summed E-state index contributed by atoms with van der Waals surface area (Å²) >= 11 is 0. The van der Waals surface area contributed by atoms with Crippen molar-refractivity contribution in [2.24, 2.45) is 0 Å². The lowest BCUT2D eigenvalue weighted by atomic mass is 10.1. The van der Waals surface area contributed by atoms with Gasteiger partial charge in [-0.1, -0.05) is 57.2 Å². The summed E-state index contributed by atoms with van der Waals surface area (Å²) < 4.78 is 6.61. The van der Waals surface area contributed by atoms with Crippen molar-refractivity contribution in [3.05, 3.63) is 48.6 Å². The van der Waals surface area contributed by atoms with Gasteiger partial charge in [0.15, 0.2) is 8.32 Å². The van der Waals surface area contributed by atoms with Crippen LogP contribution < -0.4 is 0 Å². The van der Waals surface area contributed by atoms with Gasteiger partial charge in [0.1, 0.15) is 0 Å². The van der Waals surface area contributed by atoms with E-state index < -0.39 is 8.32 Å². The molecule has 3 nitrogen and oxygen atoms in total. The van der Waals surface area contributed by atoms with Gasteiger partial charge in [0, 0.05) is 12.6 Å². The van der Waals surface area contributed by atoms with E-state index in [-0.39, 0.29) is 23.8 Å². The lowest BCUT2D eigenvalue weighted by Crippen LogP contribution is -2.46. The third-order valence-electron chi connectivity index (χ3n) is 5.34. The van der Waals surface area contributed by atoms with E-state index in [0.29, 0.717) is 0 Å². The molecule has 1 rings (SSSR count). The first kappa shape index (κ1) is 22.1. The molecule has 0 amide bonds. The maximum Gasteiger partial charge on any atom is 0.192 e. The molecule has 0 heterocycles. The largest absolute Gasteiger partial charge is 0.414 e. The van der Waals surface area contributed by atoms with Gasteiger partial charge in [0.05, 0.1) is 12.7 Å². The van der Waals surface area contributed by atoms with Crippen LogP contribution in [0, 0.1) is 0 Å². The van der Waals surface area contributed by atoms with Crippen LogP contribution in [0.5, 0.6) is 0 Å². The van der Waals surface area contributed by atoms with E-state index in [0.717, 1.165) is 19.4 Å². The Morgan fingerprint density at radius 3 is 2.32 bits per heavy atom. The van der Waals surface area contributed by atoms with Crippen LogP contribution in [0.4, 0.5) is 0 Å². The summed E-state index contributed by atoms with van der Waals surface area (Å²) in [4.78, 5) is 2.22. The van der Waals surface area contributed by atoms with Crippen LogP contribution in [-0.4, -0.2) is 44.1 Å². The Morgan fingerprint density at radius 1 is 1.24 bits per heavy atom. The molecule has 0 spiro atoms. The molecule has 0 bridgehead atoms. The number of rotatable bonds is 10. The molecule has 0 unspecified atom stereocenters. The molecule has 0 aliphatic carbocycles. The second-order valence-electron chi connectivity index (χ2n) is 8.50. The summed E-state index contributed by atoms with van der Waals surface area (Å²) in [5, 5.41) is 10.1. The van der Waals surface area contributed by atoms with Crippen molar-refractivity contribution >= 4 is 8.32 Å². The third-order valence-corrected chi connectivity index (χ3v) is 9.88. The zero-order chi connectivity index (χ0) is 19.1. The molecule has 0 aromatic heterocycles. The summed E-state index contributed by atoms with van der Waals surface area (Å²) in [5.41, 5.74) is 1.26. The van der Waals surface area contributed by atoms with Gasteiger partial charge in [-0.2, -0.15) is 0 Å². The highest BCUT2D eigenvalue weighted by Gasteiger charge is 2.39.